The van der Waals surface area contributed by atoms with Crippen molar-refractivity contribution in [1.29, 1.82) is 0 Å². The van der Waals surface area contributed by atoms with E-state index < -0.39 is 0 Å². The summed E-state index contributed by atoms with van der Waals surface area (Å²) >= 11 is 0. The van der Waals surface area contributed by atoms with E-state index in [1.807, 2.05) is 0 Å². The minimum atomic E-state index is 0.959. The highest BCUT2D eigenvalue weighted by molar-refractivity contribution is 4.63. The van der Waals surface area contributed by atoms with Gasteiger partial charge in [-0.3, -0.25) is 0 Å². The zero-order valence-electron chi connectivity index (χ0n) is 12.9. The van der Waals surface area contributed by atoms with Crippen LogP contribution in [0.3, 0.4) is 0 Å². The summed E-state index contributed by atoms with van der Waals surface area (Å²) in [7, 11) is 0. The summed E-state index contributed by atoms with van der Waals surface area (Å²) in [6.45, 7) is 9.39. The lowest BCUT2D eigenvalue weighted by Gasteiger charge is -2.19. The van der Waals surface area contributed by atoms with Gasteiger partial charge in [0.15, 0.2) is 0 Å². The molecule has 0 aliphatic heterocycles. The van der Waals surface area contributed by atoms with Crippen LogP contribution in [0.2, 0.25) is 0 Å². The third-order valence-corrected chi connectivity index (χ3v) is 4.05. The number of unbranched alkanes of at least 4 members (excludes halogenated alkanes) is 3. The molecule has 0 radical (unpaired) electrons. The van der Waals surface area contributed by atoms with Crippen LogP contribution in [0.1, 0.15) is 98.3 Å². The maximum Gasteiger partial charge on any atom is -0.0414 e. The molecule has 0 fully saturated rings. The molecule has 1 atom stereocenters. The monoisotopic (exact) mass is 240 g/mol. The van der Waals surface area contributed by atoms with Crippen molar-refractivity contribution in [3.8, 4) is 0 Å². The first-order valence-corrected chi connectivity index (χ1v) is 8.24. The predicted octanol–water partition coefficient (Wildman–Crippen LogP) is 6.59. The Morgan fingerprint density at radius 1 is 0.588 bits per heavy atom. The third kappa shape index (κ3) is 10.9. The van der Waals surface area contributed by atoms with Gasteiger partial charge in [0.2, 0.25) is 0 Å². The first-order chi connectivity index (χ1) is 8.24. The highest BCUT2D eigenvalue weighted by Crippen LogP contribution is 2.25. The molecule has 0 aromatic heterocycles. The number of hydrogen-bond acceptors (Lipinski definition) is 0. The van der Waals surface area contributed by atoms with Crippen LogP contribution in [0.15, 0.2) is 0 Å². The Labute approximate surface area is 111 Å². The summed E-state index contributed by atoms with van der Waals surface area (Å²) in [6, 6.07) is 0. The molecule has 17 heavy (non-hydrogen) atoms. The Kier molecular flexibility index (Phi) is 12.5. The normalized spacial score (nSPS) is 13.2. The molecule has 0 saturated carbocycles. The van der Waals surface area contributed by atoms with Crippen molar-refractivity contribution >= 4 is 0 Å². The number of rotatable bonds is 12. The van der Waals surface area contributed by atoms with Crippen LogP contribution >= 0.6 is 0 Å². The molecule has 0 rings (SSSR count). The van der Waals surface area contributed by atoms with Gasteiger partial charge in [-0.05, 0) is 11.8 Å². The van der Waals surface area contributed by atoms with Gasteiger partial charge in [0.1, 0.15) is 0 Å². The Morgan fingerprint density at radius 3 is 1.53 bits per heavy atom. The smallest absolute Gasteiger partial charge is 0.0414 e. The molecule has 1 unspecified atom stereocenters. The molecule has 0 heterocycles. The predicted molar refractivity (Wildman–Crippen MR) is 80.5 cm³/mol. The summed E-state index contributed by atoms with van der Waals surface area (Å²) in [5.74, 6) is 1.99. The average molecular weight is 240 g/mol. The van der Waals surface area contributed by atoms with Gasteiger partial charge in [0.05, 0.1) is 0 Å². The van der Waals surface area contributed by atoms with Crippen LogP contribution in [0.5, 0.6) is 0 Å². The van der Waals surface area contributed by atoms with Gasteiger partial charge in [-0.2, -0.15) is 0 Å². The quantitative estimate of drug-likeness (QED) is 0.361. The van der Waals surface area contributed by atoms with Crippen LogP contribution in [0.4, 0.5) is 0 Å². The molecule has 0 amide bonds. The lowest BCUT2D eigenvalue weighted by atomic mass is 9.87. The molecule has 0 spiro atoms. The van der Waals surface area contributed by atoms with Gasteiger partial charge >= 0.3 is 0 Å². The van der Waals surface area contributed by atoms with E-state index in [0.717, 1.165) is 11.8 Å². The first kappa shape index (κ1) is 17.0. The molecule has 0 aromatic carbocycles. The van der Waals surface area contributed by atoms with Gasteiger partial charge in [0.25, 0.3) is 0 Å². The molecular weight excluding hydrogens is 204 g/mol. The summed E-state index contributed by atoms with van der Waals surface area (Å²) in [6.07, 6.45) is 15.8. The summed E-state index contributed by atoms with van der Waals surface area (Å²) < 4.78 is 0. The van der Waals surface area contributed by atoms with Crippen molar-refractivity contribution in [3.63, 3.8) is 0 Å². The number of hydrogen-bond donors (Lipinski definition) is 0. The molecule has 0 aliphatic carbocycles. The average Bonchev–Trinajstić information content (AvgIpc) is 2.35. The van der Waals surface area contributed by atoms with E-state index in [9.17, 15) is 0 Å². The standard InChI is InChI=1S/C17H36/c1-5-8-11-16(4)14-15-17(12-9-6-2)13-10-7-3/h16-17H,5-15H2,1-4H3. The van der Waals surface area contributed by atoms with Crippen molar-refractivity contribution in [3.05, 3.63) is 0 Å². The van der Waals surface area contributed by atoms with Crippen LogP contribution in [-0.4, -0.2) is 0 Å². The molecule has 0 aromatic rings. The second kappa shape index (κ2) is 12.5. The van der Waals surface area contributed by atoms with Crippen molar-refractivity contribution < 1.29 is 0 Å². The summed E-state index contributed by atoms with van der Waals surface area (Å²) in [5.41, 5.74) is 0. The lowest BCUT2D eigenvalue weighted by Crippen LogP contribution is -2.04. The maximum atomic E-state index is 2.45. The first-order valence-electron chi connectivity index (χ1n) is 8.24. The van der Waals surface area contributed by atoms with E-state index in [2.05, 4.69) is 27.7 Å². The van der Waals surface area contributed by atoms with E-state index >= 15 is 0 Å². The second-order valence-electron chi connectivity index (χ2n) is 5.98. The third-order valence-electron chi connectivity index (χ3n) is 4.05. The van der Waals surface area contributed by atoms with E-state index in [-0.39, 0.29) is 0 Å². The van der Waals surface area contributed by atoms with Crippen LogP contribution in [-0.2, 0) is 0 Å². The summed E-state index contributed by atoms with van der Waals surface area (Å²) in [4.78, 5) is 0. The summed E-state index contributed by atoms with van der Waals surface area (Å²) in [5, 5.41) is 0. The Bertz CT molecular complexity index is 131. The SMILES string of the molecule is CCCCC(C)CCC(CCCC)CCCC. The minimum Gasteiger partial charge on any atom is -0.0654 e. The van der Waals surface area contributed by atoms with Crippen molar-refractivity contribution in [2.45, 2.75) is 98.3 Å². The Hall–Kier alpha value is 0. The minimum absolute atomic E-state index is 0.959. The highest BCUT2D eigenvalue weighted by atomic mass is 14.2. The van der Waals surface area contributed by atoms with Gasteiger partial charge in [-0.25, -0.2) is 0 Å². The Balaban J connectivity index is 3.71. The van der Waals surface area contributed by atoms with Crippen molar-refractivity contribution in [2.75, 3.05) is 0 Å². The van der Waals surface area contributed by atoms with E-state index in [1.165, 1.54) is 70.6 Å². The molecule has 0 bridgehead atoms. The maximum absolute atomic E-state index is 2.45. The largest absolute Gasteiger partial charge is 0.0654 e. The van der Waals surface area contributed by atoms with E-state index in [0.29, 0.717) is 0 Å². The molecule has 104 valence electrons. The Morgan fingerprint density at radius 2 is 1.06 bits per heavy atom. The molecular formula is C17H36. The molecule has 0 aliphatic rings. The van der Waals surface area contributed by atoms with Gasteiger partial charge in [0, 0.05) is 0 Å². The van der Waals surface area contributed by atoms with Gasteiger partial charge in [-0.1, -0.05) is 98.3 Å². The van der Waals surface area contributed by atoms with Crippen molar-refractivity contribution in [2.24, 2.45) is 11.8 Å². The molecule has 0 nitrogen and oxygen atoms in total. The van der Waals surface area contributed by atoms with E-state index in [4.69, 9.17) is 0 Å². The van der Waals surface area contributed by atoms with Gasteiger partial charge < -0.3 is 0 Å². The fourth-order valence-electron chi connectivity index (χ4n) is 2.64. The van der Waals surface area contributed by atoms with Gasteiger partial charge in [-0.15, -0.1) is 0 Å². The highest BCUT2D eigenvalue weighted by Gasteiger charge is 2.10. The molecule has 0 N–H and O–H groups in total. The topological polar surface area (TPSA) is 0 Å². The van der Waals surface area contributed by atoms with Crippen LogP contribution < -0.4 is 0 Å². The van der Waals surface area contributed by atoms with Crippen LogP contribution in [0.25, 0.3) is 0 Å². The fraction of sp³-hybridized carbons (Fsp3) is 1.00. The van der Waals surface area contributed by atoms with E-state index in [1.54, 1.807) is 0 Å². The zero-order valence-corrected chi connectivity index (χ0v) is 12.9. The zero-order chi connectivity index (χ0) is 12.9. The van der Waals surface area contributed by atoms with Crippen molar-refractivity contribution in [1.82, 2.24) is 0 Å². The fourth-order valence-corrected chi connectivity index (χ4v) is 2.64. The lowest BCUT2D eigenvalue weighted by molar-refractivity contribution is 0.342. The molecule has 0 heteroatoms. The molecule has 0 saturated heterocycles. The second-order valence-corrected chi connectivity index (χ2v) is 5.98. The van der Waals surface area contributed by atoms with Crippen LogP contribution in [0, 0.1) is 11.8 Å².